The third kappa shape index (κ3) is 3.92. The molecule has 0 spiro atoms. The highest BCUT2D eigenvalue weighted by atomic mass is 19.4. The maximum atomic E-state index is 13.2. The standard InChI is InChI=1S/C20H16F3N3O4/c1-11-15-6-12(9-24)16(20(21,22)23)8-17(15)25-18(11)19(2,27)10-30-14-5-3-4-13(7-14)26(28)29/h3-8,25,27H,10H2,1-2H3. The normalized spacial score (nSPS) is 13.6. The van der Waals surface area contributed by atoms with Gasteiger partial charge in [-0.05, 0) is 37.6 Å². The van der Waals surface area contributed by atoms with Gasteiger partial charge in [-0.3, -0.25) is 10.1 Å². The number of nitro groups is 1. The fourth-order valence-corrected chi connectivity index (χ4v) is 3.22. The molecule has 0 aliphatic heterocycles. The van der Waals surface area contributed by atoms with Gasteiger partial charge in [0.25, 0.3) is 5.69 Å². The first-order valence-corrected chi connectivity index (χ1v) is 8.68. The number of ether oxygens (including phenoxy) is 1. The number of aromatic nitrogens is 1. The maximum absolute atomic E-state index is 13.2. The van der Waals surface area contributed by atoms with Crippen molar-refractivity contribution in [1.29, 1.82) is 5.26 Å². The second kappa shape index (κ2) is 7.35. The monoisotopic (exact) mass is 419 g/mol. The number of nitrogens with one attached hydrogen (secondary N) is 1. The highest BCUT2D eigenvalue weighted by molar-refractivity contribution is 5.87. The highest BCUT2D eigenvalue weighted by Crippen LogP contribution is 2.37. The van der Waals surface area contributed by atoms with Gasteiger partial charge in [0, 0.05) is 17.0 Å². The number of nitro benzene ring substituents is 1. The summed E-state index contributed by atoms with van der Waals surface area (Å²) in [7, 11) is 0. The number of benzene rings is 2. The largest absolute Gasteiger partial charge is 0.490 e. The van der Waals surface area contributed by atoms with Gasteiger partial charge >= 0.3 is 6.18 Å². The zero-order chi connectivity index (χ0) is 22.3. The van der Waals surface area contributed by atoms with Crippen LogP contribution >= 0.6 is 0 Å². The molecule has 7 nitrogen and oxygen atoms in total. The number of non-ortho nitro benzene ring substituents is 1. The van der Waals surface area contributed by atoms with E-state index in [2.05, 4.69) is 4.98 Å². The van der Waals surface area contributed by atoms with Crippen LogP contribution in [0.2, 0.25) is 0 Å². The Labute approximate surface area is 168 Å². The van der Waals surface area contributed by atoms with Crippen LogP contribution in [0.3, 0.4) is 0 Å². The molecule has 0 aliphatic rings. The zero-order valence-corrected chi connectivity index (χ0v) is 15.9. The molecule has 1 atom stereocenters. The Hall–Kier alpha value is -3.58. The van der Waals surface area contributed by atoms with E-state index in [0.717, 1.165) is 12.1 Å². The summed E-state index contributed by atoms with van der Waals surface area (Å²) in [6.45, 7) is 2.68. The number of alkyl halides is 3. The van der Waals surface area contributed by atoms with Crippen LogP contribution in [0.1, 0.15) is 29.3 Å². The van der Waals surface area contributed by atoms with E-state index in [1.54, 1.807) is 13.0 Å². The molecule has 2 aromatic carbocycles. The fraction of sp³-hybridized carbons (Fsp3) is 0.250. The van der Waals surface area contributed by atoms with Crippen molar-refractivity contribution in [2.75, 3.05) is 6.61 Å². The summed E-state index contributed by atoms with van der Waals surface area (Å²) in [5.41, 5.74) is -2.64. The van der Waals surface area contributed by atoms with Gasteiger partial charge in [0.2, 0.25) is 0 Å². The molecule has 3 rings (SSSR count). The number of aryl methyl sites for hydroxylation is 1. The molecule has 30 heavy (non-hydrogen) atoms. The molecule has 2 N–H and O–H groups in total. The second-order valence-electron chi connectivity index (χ2n) is 6.99. The third-order valence-corrected chi connectivity index (χ3v) is 4.71. The Morgan fingerprint density at radius 1 is 1.30 bits per heavy atom. The van der Waals surface area contributed by atoms with E-state index in [9.17, 15) is 28.4 Å². The lowest BCUT2D eigenvalue weighted by molar-refractivity contribution is -0.384. The van der Waals surface area contributed by atoms with E-state index in [1.165, 1.54) is 31.2 Å². The van der Waals surface area contributed by atoms with Gasteiger partial charge in [0.1, 0.15) is 18.0 Å². The minimum Gasteiger partial charge on any atom is -0.490 e. The molecule has 0 radical (unpaired) electrons. The maximum Gasteiger partial charge on any atom is 0.417 e. The number of rotatable bonds is 5. The number of H-pyrrole nitrogens is 1. The first-order chi connectivity index (χ1) is 13.9. The fourth-order valence-electron chi connectivity index (χ4n) is 3.22. The summed E-state index contributed by atoms with van der Waals surface area (Å²) in [6, 6.07) is 8.92. The number of aliphatic hydroxyl groups is 1. The van der Waals surface area contributed by atoms with Crippen LogP contribution in [0.15, 0.2) is 36.4 Å². The average Bonchev–Trinajstić information content (AvgIpc) is 3.02. The van der Waals surface area contributed by atoms with Crippen LogP contribution in [-0.2, 0) is 11.8 Å². The molecule has 0 amide bonds. The zero-order valence-electron chi connectivity index (χ0n) is 15.9. The quantitative estimate of drug-likeness (QED) is 0.465. The van der Waals surface area contributed by atoms with Crippen molar-refractivity contribution in [3.05, 3.63) is 68.9 Å². The van der Waals surface area contributed by atoms with Crippen LogP contribution in [0.5, 0.6) is 5.75 Å². The van der Waals surface area contributed by atoms with Gasteiger partial charge in [0.05, 0.1) is 33.9 Å². The number of nitriles is 1. The number of hydrogen-bond acceptors (Lipinski definition) is 5. The topological polar surface area (TPSA) is 112 Å². The molecule has 0 fully saturated rings. The lowest BCUT2D eigenvalue weighted by atomic mass is 9.98. The van der Waals surface area contributed by atoms with Gasteiger partial charge in [0.15, 0.2) is 0 Å². The van der Waals surface area contributed by atoms with Crippen LogP contribution in [0.25, 0.3) is 10.9 Å². The molecule has 0 saturated carbocycles. The lowest BCUT2D eigenvalue weighted by Gasteiger charge is -2.23. The Balaban J connectivity index is 1.96. The number of aromatic amines is 1. The van der Waals surface area contributed by atoms with E-state index in [0.29, 0.717) is 10.9 Å². The lowest BCUT2D eigenvalue weighted by Crippen LogP contribution is -2.30. The Morgan fingerprint density at radius 2 is 2.00 bits per heavy atom. The predicted octanol–water partition coefficient (Wildman–Crippen LogP) is 4.56. The van der Waals surface area contributed by atoms with E-state index >= 15 is 0 Å². The predicted molar refractivity (Wildman–Crippen MR) is 101 cm³/mol. The highest BCUT2D eigenvalue weighted by Gasteiger charge is 2.35. The molecule has 1 aromatic heterocycles. The summed E-state index contributed by atoms with van der Waals surface area (Å²) < 4.78 is 45.1. The number of hydrogen-bond donors (Lipinski definition) is 2. The molecule has 0 bridgehead atoms. The smallest absolute Gasteiger partial charge is 0.417 e. The molecular formula is C20H16F3N3O4. The Morgan fingerprint density at radius 3 is 2.60 bits per heavy atom. The van der Waals surface area contributed by atoms with E-state index in [1.807, 2.05) is 0 Å². The van der Waals surface area contributed by atoms with Gasteiger partial charge in [-0.1, -0.05) is 6.07 Å². The summed E-state index contributed by atoms with van der Waals surface area (Å²) in [6.07, 6.45) is -4.70. The van der Waals surface area contributed by atoms with E-state index < -0.39 is 27.8 Å². The molecule has 3 aromatic rings. The Bertz CT molecular complexity index is 1180. The summed E-state index contributed by atoms with van der Waals surface area (Å²) in [4.78, 5) is 13.1. The number of fused-ring (bicyclic) bond motifs is 1. The minimum absolute atomic E-state index is 0.115. The van der Waals surface area contributed by atoms with Crippen LogP contribution < -0.4 is 4.74 Å². The van der Waals surface area contributed by atoms with Crippen molar-refractivity contribution in [3.63, 3.8) is 0 Å². The minimum atomic E-state index is -4.70. The van der Waals surface area contributed by atoms with Crippen molar-refractivity contribution < 1.29 is 27.9 Å². The SMILES string of the molecule is Cc1c(C(C)(O)COc2cccc([N+](=O)[O-])c2)[nH]c2cc(C(F)(F)F)c(C#N)cc12. The molecule has 10 heteroatoms. The van der Waals surface area contributed by atoms with Crippen molar-refractivity contribution >= 4 is 16.6 Å². The summed E-state index contributed by atoms with van der Waals surface area (Å²) in [5.74, 6) is 0.157. The van der Waals surface area contributed by atoms with Gasteiger partial charge < -0.3 is 14.8 Å². The Kier molecular flexibility index (Phi) is 5.18. The van der Waals surface area contributed by atoms with Crippen LogP contribution in [0, 0.1) is 28.4 Å². The molecule has 0 aliphatic carbocycles. The average molecular weight is 419 g/mol. The molecule has 1 heterocycles. The third-order valence-electron chi connectivity index (χ3n) is 4.71. The number of nitrogens with zero attached hydrogens (tertiary/aromatic N) is 2. The number of halogens is 3. The summed E-state index contributed by atoms with van der Waals surface area (Å²) in [5, 5.41) is 31.2. The van der Waals surface area contributed by atoms with Crippen LogP contribution in [0.4, 0.5) is 18.9 Å². The second-order valence-corrected chi connectivity index (χ2v) is 6.99. The van der Waals surface area contributed by atoms with E-state index in [-0.39, 0.29) is 29.3 Å². The van der Waals surface area contributed by atoms with Crippen molar-refractivity contribution in [2.45, 2.75) is 25.6 Å². The van der Waals surface area contributed by atoms with Crippen molar-refractivity contribution in [3.8, 4) is 11.8 Å². The van der Waals surface area contributed by atoms with Crippen molar-refractivity contribution in [1.82, 2.24) is 4.98 Å². The van der Waals surface area contributed by atoms with Gasteiger partial charge in [-0.15, -0.1) is 0 Å². The van der Waals surface area contributed by atoms with Gasteiger partial charge in [-0.25, -0.2) is 0 Å². The molecule has 156 valence electrons. The molecule has 0 saturated heterocycles. The summed E-state index contributed by atoms with van der Waals surface area (Å²) >= 11 is 0. The first kappa shape index (κ1) is 21.1. The van der Waals surface area contributed by atoms with Crippen LogP contribution in [-0.4, -0.2) is 21.6 Å². The molecule has 1 unspecified atom stereocenters. The van der Waals surface area contributed by atoms with E-state index in [4.69, 9.17) is 10.00 Å². The van der Waals surface area contributed by atoms with Crippen molar-refractivity contribution in [2.24, 2.45) is 0 Å². The first-order valence-electron chi connectivity index (χ1n) is 8.68. The van der Waals surface area contributed by atoms with Gasteiger partial charge in [-0.2, -0.15) is 18.4 Å². The molecular weight excluding hydrogens is 403 g/mol.